The van der Waals surface area contributed by atoms with E-state index in [4.69, 9.17) is 0 Å². The second-order valence-electron chi connectivity index (χ2n) is 8.56. The SMILES string of the molecule is CC(C)(C)NC(Cc1ccc2c(Br)cccc2c1)C(=O)C(C)(C)C. The van der Waals surface area contributed by atoms with Crippen LogP contribution in [0.2, 0.25) is 0 Å². The van der Waals surface area contributed by atoms with Crippen LogP contribution in [0.4, 0.5) is 0 Å². The minimum Gasteiger partial charge on any atom is -0.302 e. The van der Waals surface area contributed by atoms with Gasteiger partial charge in [0.1, 0.15) is 0 Å². The van der Waals surface area contributed by atoms with E-state index in [-0.39, 0.29) is 22.8 Å². The summed E-state index contributed by atoms with van der Waals surface area (Å²) in [4.78, 5) is 12.9. The number of carbonyl (C=O) groups is 1. The number of hydrogen-bond donors (Lipinski definition) is 1. The molecule has 0 aromatic heterocycles. The van der Waals surface area contributed by atoms with E-state index in [0.29, 0.717) is 6.42 Å². The average Bonchev–Trinajstić information content (AvgIpc) is 2.43. The van der Waals surface area contributed by atoms with Crippen LogP contribution in [0.15, 0.2) is 40.9 Å². The fourth-order valence-corrected chi connectivity index (χ4v) is 3.42. The van der Waals surface area contributed by atoms with Crippen LogP contribution >= 0.6 is 15.9 Å². The lowest BCUT2D eigenvalue weighted by molar-refractivity contribution is -0.128. The monoisotopic (exact) mass is 389 g/mol. The number of rotatable bonds is 4. The molecule has 0 saturated carbocycles. The van der Waals surface area contributed by atoms with Gasteiger partial charge in [0, 0.05) is 15.4 Å². The van der Waals surface area contributed by atoms with Crippen molar-refractivity contribution >= 4 is 32.5 Å². The highest BCUT2D eigenvalue weighted by Gasteiger charge is 2.32. The van der Waals surface area contributed by atoms with Crippen LogP contribution in [-0.4, -0.2) is 17.4 Å². The lowest BCUT2D eigenvalue weighted by Crippen LogP contribution is -2.51. The molecule has 0 radical (unpaired) electrons. The number of Topliss-reactive ketones (excluding diaryl/α,β-unsaturated/α-hetero) is 1. The van der Waals surface area contributed by atoms with Crippen molar-refractivity contribution in [1.29, 1.82) is 0 Å². The van der Waals surface area contributed by atoms with E-state index in [1.54, 1.807) is 0 Å². The van der Waals surface area contributed by atoms with Gasteiger partial charge >= 0.3 is 0 Å². The molecule has 0 spiro atoms. The topological polar surface area (TPSA) is 29.1 Å². The Morgan fingerprint density at radius 1 is 1.08 bits per heavy atom. The molecule has 24 heavy (non-hydrogen) atoms. The molecule has 2 rings (SSSR count). The summed E-state index contributed by atoms with van der Waals surface area (Å²) in [5.41, 5.74) is 0.716. The molecule has 0 aliphatic heterocycles. The van der Waals surface area contributed by atoms with Gasteiger partial charge < -0.3 is 5.32 Å². The van der Waals surface area contributed by atoms with E-state index >= 15 is 0 Å². The summed E-state index contributed by atoms with van der Waals surface area (Å²) in [5.74, 6) is 0.256. The Labute approximate surface area is 154 Å². The largest absolute Gasteiger partial charge is 0.302 e. The molecule has 0 aliphatic rings. The van der Waals surface area contributed by atoms with Crippen LogP contribution in [-0.2, 0) is 11.2 Å². The molecule has 3 heteroatoms. The second kappa shape index (κ2) is 6.97. The Balaban J connectivity index is 2.33. The van der Waals surface area contributed by atoms with Gasteiger partial charge in [-0.25, -0.2) is 0 Å². The molecule has 2 aromatic rings. The number of benzene rings is 2. The highest BCUT2D eigenvalue weighted by Crippen LogP contribution is 2.26. The van der Waals surface area contributed by atoms with Crippen molar-refractivity contribution < 1.29 is 4.79 Å². The first-order valence-corrected chi connectivity index (χ1v) is 9.26. The number of ketones is 1. The summed E-state index contributed by atoms with van der Waals surface area (Å²) >= 11 is 3.59. The number of hydrogen-bond acceptors (Lipinski definition) is 2. The zero-order chi connectivity index (χ0) is 18.1. The predicted octanol–water partition coefficient (Wildman–Crippen LogP) is 5.52. The van der Waals surface area contributed by atoms with Crippen molar-refractivity contribution in [3.8, 4) is 0 Å². The van der Waals surface area contributed by atoms with Crippen LogP contribution in [0, 0.1) is 5.41 Å². The van der Waals surface area contributed by atoms with Gasteiger partial charge in [0.2, 0.25) is 0 Å². The Morgan fingerprint density at radius 3 is 2.33 bits per heavy atom. The minimum absolute atomic E-state index is 0.106. The lowest BCUT2D eigenvalue weighted by atomic mass is 9.83. The molecular weight excluding hydrogens is 362 g/mol. The molecule has 0 saturated heterocycles. The zero-order valence-corrected chi connectivity index (χ0v) is 17.1. The smallest absolute Gasteiger partial charge is 0.155 e. The molecule has 1 unspecified atom stereocenters. The van der Waals surface area contributed by atoms with E-state index in [0.717, 1.165) is 4.47 Å². The van der Waals surface area contributed by atoms with Crippen LogP contribution < -0.4 is 5.32 Å². The second-order valence-corrected chi connectivity index (χ2v) is 9.41. The minimum atomic E-state index is -0.358. The maximum Gasteiger partial charge on any atom is 0.155 e. The van der Waals surface area contributed by atoms with Gasteiger partial charge in [0.15, 0.2) is 5.78 Å². The Bertz CT molecular complexity index is 738. The van der Waals surface area contributed by atoms with Gasteiger partial charge in [-0.05, 0) is 49.6 Å². The van der Waals surface area contributed by atoms with Gasteiger partial charge in [-0.1, -0.05) is 67.0 Å². The number of fused-ring (bicyclic) bond motifs is 1. The third-order valence-corrected chi connectivity index (χ3v) is 4.69. The molecule has 1 atom stereocenters. The van der Waals surface area contributed by atoms with E-state index in [9.17, 15) is 4.79 Å². The predicted molar refractivity (Wildman–Crippen MR) is 106 cm³/mol. The first-order valence-electron chi connectivity index (χ1n) is 8.46. The van der Waals surface area contributed by atoms with Crippen molar-refractivity contribution in [3.63, 3.8) is 0 Å². The van der Waals surface area contributed by atoms with Gasteiger partial charge in [0.25, 0.3) is 0 Å². The lowest BCUT2D eigenvalue weighted by Gasteiger charge is -2.32. The Kier molecular flexibility index (Phi) is 5.56. The zero-order valence-electron chi connectivity index (χ0n) is 15.5. The van der Waals surface area contributed by atoms with Crippen molar-refractivity contribution in [2.45, 2.75) is 59.5 Å². The maximum absolute atomic E-state index is 12.9. The quantitative estimate of drug-likeness (QED) is 0.745. The highest BCUT2D eigenvalue weighted by molar-refractivity contribution is 9.10. The highest BCUT2D eigenvalue weighted by atomic mass is 79.9. The molecule has 0 bridgehead atoms. The number of carbonyl (C=O) groups excluding carboxylic acids is 1. The summed E-state index contributed by atoms with van der Waals surface area (Å²) in [6.07, 6.45) is 0.704. The molecular formula is C21H28BrNO. The molecule has 2 aromatic carbocycles. The fraction of sp³-hybridized carbons (Fsp3) is 0.476. The van der Waals surface area contributed by atoms with Crippen LogP contribution in [0.1, 0.15) is 47.1 Å². The van der Waals surface area contributed by atoms with Crippen molar-refractivity contribution in [3.05, 3.63) is 46.4 Å². The van der Waals surface area contributed by atoms with E-state index in [2.05, 4.69) is 72.3 Å². The standard InChI is InChI=1S/C21H28BrNO/c1-20(2,3)19(24)18(23-21(4,5)6)13-14-10-11-16-15(12-14)8-7-9-17(16)22/h7-12,18,23H,13H2,1-6H3. The number of halogens is 1. The summed E-state index contributed by atoms with van der Waals surface area (Å²) in [6.45, 7) is 12.3. The molecule has 0 fully saturated rings. The number of nitrogens with one attached hydrogen (secondary N) is 1. The van der Waals surface area contributed by atoms with Crippen LogP contribution in [0.25, 0.3) is 10.8 Å². The third kappa shape index (κ3) is 4.90. The van der Waals surface area contributed by atoms with Gasteiger partial charge in [0.05, 0.1) is 6.04 Å². The van der Waals surface area contributed by atoms with Crippen LogP contribution in [0.5, 0.6) is 0 Å². The first-order chi connectivity index (χ1) is 11.0. The molecule has 2 nitrogen and oxygen atoms in total. The molecule has 0 aliphatic carbocycles. The van der Waals surface area contributed by atoms with Crippen LogP contribution in [0.3, 0.4) is 0 Å². The summed E-state index contributed by atoms with van der Waals surface area (Å²) in [6, 6.07) is 12.5. The summed E-state index contributed by atoms with van der Waals surface area (Å²) in [7, 11) is 0. The van der Waals surface area contributed by atoms with Gasteiger partial charge in [-0.15, -0.1) is 0 Å². The van der Waals surface area contributed by atoms with Crippen molar-refractivity contribution in [2.24, 2.45) is 5.41 Å². The summed E-state index contributed by atoms with van der Waals surface area (Å²) < 4.78 is 1.10. The van der Waals surface area contributed by atoms with Gasteiger partial charge in [-0.2, -0.15) is 0 Å². The fourth-order valence-electron chi connectivity index (χ4n) is 2.91. The van der Waals surface area contributed by atoms with E-state index in [1.807, 2.05) is 26.8 Å². The third-order valence-electron chi connectivity index (χ3n) is 3.99. The molecule has 0 heterocycles. The summed E-state index contributed by atoms with van der Waals surface area (Å²) in [5, 5.41) is 5.90. The van der Waals surface area contributed by atoms with E-state index < -0.39 is 0 Å². The Morgan fingerprint density at radius 2 is 1.75 bits per heavy atom. The Hall–Kier alpha value is -1.19. The van der Waals surface area contributed by atoms with Crippen molar-refractivity contribution in [2.75, 3.05) is 0 Å². The average molecular weight is 390 g/mol. The molecule has 130 valence electrons. The van der Waals surface area contributed by atoms with Crippen molar-refractivity contribution in [1.82, 2.24) is 5.32 Å². The maximum atomic E-state index is 12.9. The normalized spacial score (nSPS) is 14.0. The molecule has 0 amide bonds. The molecule has 1 N–H and O–H groups in total. The first kappa shape index (κ1) is 19.1. The van der Waals surface area contributed by atoms with Gasteiger partial charge in [-0.3, -0.25) is 4.79 Å². The van der Waals surface area contributed by atoms with E-state index in [1.165, 1.54) is 16.3 Å².